The number of carbonyl (C=O) groups is 2. The zero-order valence-electron chi connectivity index (χ0n) is 21.6. The molecule has 0 fully saturated rings. The Morgan fingerprint density at radius 2 is 1.50 bits per heavy atom. The highest BCUT2D eigenvalue weighted by molar-refractivity contribution is 6.43. The highest BCUT2D eigenvalue weighted by Gasteiger charge is 2.31. The van der Waals surface area contributed by atoms with Gasteiger partial charge < -0.3 is 14.0 Å². The van der Waals surface area contributed by atoms with Crippen molar-refractivity contribution in [2.24, 2.45) is 0 Å². The Morgan fingerprint density at radius 3 is 2.08 bits per heavy atom. The van der Waals surface area contributed by atoms with Crippen LogP contribution in [0.1, 0.15) is 49.2 Å². The molecule has 8 heteroatoms. The van der Waals surface area contributed by atoms with Gasteiger partial charge in [-0.2, -0.15) is 0 Å². The molecule has 0 atom stereocenters. The normalized spacial score (nSPS) is 12.0. The van der Waals surface area contributed by atoms with Gasteiger partial charge in [0.15, 0.2) is 0 Å². The van der Waals surface area contributed by atoms with Crippen LogP contribution in [0.15, 0.2) is 72.9 Å². The van der Waals surface area contributed by atoms with Gasteiger partial charge in [0.1, 0.15) is 5.75 Å². The third-order valence-corrected chi connectivity index (χ3v) is 6.18. The zero-order valence-corrected chi connectivity index (χ0v) is 21.6. The van der Waals surface area contributed by atoms with Crippen LogP contribution in [0.3, 0.4) is 0 Å². The maximum Gasteiger partial charge on any atom is 0.573 e. The summed E-state index contributed by atoms with van der Waals surface area (Å²) in [5, 5.41) is 0.544. The van der Waals surface area contributed by atoms with Gasteiger partial charge in [-0.1, -0.05) is 63.2 Å². The number of hydrogen-bond acceptors (Lipinski definition) is 4. The summed E-state index contributed by atoms with van der Waals surface area (Å²) >= 11 is 0. The number of alkyl halides is 3. The molecule has 0 aliphatic heterocycles. The van der Waals surface area contributed by atoms with E-state index < -0.39 is 18.1 Å². The number of halogens is 3. The first kappa shape index (κ1) is 27.0. The van der Waals surface area contributed by atoms with E-state index in [-0.39, 0.29) is 23.3 Å². The van der Waals surface area contributed by atoms with E-state index in [9.17, 15) is 22.8 Å². The summed E-state index contributed by atoms with van der Waals surface area (Å²) in [5.41, 5.74) is 4.47. The number of ether oxygens (including phenoxy) is 2. The molecule has 0 N–H and O–H groups in total. The molecule has 0 radical (unpaired) electrons. The van der Waals surface area contributed by atoms with Crippen molar-refractivity contribution in [3.05, 3.63) is 89.6 Å². The second kappa shape index (κ2) is 10.4. The molecule has 0 amide bonds. The highest BCUT2D eigenvalue weighted by Crippen LogP contribution is 2.31. The van der Waals surface area contributed by atoms with Crippen LogP contribution in [0.4, 0.5) is 13.2 Å². The van der Waals surface area contributed by atoms with Crippen molar-refractivity contribution in [1.82, 2.24) is 4.57 Å². The van der Waals surface area contributed by atoms with Crippen LogP contribution in [0.2, 0.25) is 0 Å². The number of ketones is 1. The topological polar surface area (TPSA) is 57.5 Å². The monoisotopic (exact) mass is 523 g/mol. The minimum Gasteiger partial charge on any atom is -0.460 e. The van der Waals surface area contributed by atoms with E-state index in [0.717, 1.165) is 11.1 Å². The summed E-state index contributed by atoms with van der Waals surface area (Å²) in [6.07, 6.45) is -3.13. The number of aromatic nitrogens is 1. The van der Waals surface area contributed by atoms with Crippen molar-refractivity contribution in [2.75, 3.05) is 6.61 Å². The molecule has 1 heterocycles. The summed E-state index contributed by atoms with van der Waals surface area (Å²) in [7, 11) is 0. The van der Waals surface area contributed by atoms with Gasteiger partial charge in [0.05, 0.1) is 12.2 Å². The molecule has 38 heavy (non-hydrogen) atoms. The third kappa shape index (κ3) is 6.07. The molecule has 1 aromatic heterocycles. The van der Waals surface area contributed by atoms with Gasteiger partial charge in [0, 0.05) is 23.6 Å². The summed E-state index contributed by atoms with van der Waals surface area (Å²) < 4.78 is 48.3. The molecule has 0 aliphatic rings. The fourth-order valence-electron chi connectivity index (χ4n) is 4.25. The van der Waals surface area contributed by atoms with Gasteiger partial charge in [-0.15, -0.1) is 13.2 Å². The predicted molar refractivity (Wildman–Crippen MR) is 139 cm³/mol. The van der Waals surface area contributed by atoms with Crippen LogP contribution in [0.25, 0.3) is 22.0 Å². The van der Waals surface area contributed by atoms with Crippen LogP contribution in [0, 0.1) is 0 Å². The smallest absolute Gasteiger partial charge is 0.460 e. The number of carbonyl (C=O) groups excluding carboxylic acids is 2. The molecule has 4 aromatic rings. The first-order valence-corrected chi connectivity index (χ1v) is 12.2. The Balaban J connectivity index is 1.73. The second-order valence-electron chi connectivity index (χ2n) is 9.97. The van der Waals surface area contributed by atoms with Gasteiger partial charge in [-0.05, 0) is 58.9 Å². The van der Waals surface area contributed by atoms with Crippen LogP contribution in [-0.2, 0) is 21.5 Å². The summed E-state index contributed by atoms with van der Waals surface area (Å²) in [6, 6.07) is 19.1. The molecule has 198 valence electrons. The molecular formula is C30H28F3NO4. The van der Waals surface area contributed by atoms with Crippen molar-refractivity contribution in [3.8, 4) is 16.9 Å². The lowest BCUT2D eigenvalue weighted by Gasteiger charge is -2.19. The van der Waals surface area contributed by atoms with Crippen molar-refractivity contribution in [3.63, 3.8) is 0 Å². The van der Waals surface area contributed by atoms with Crippen molar-refractivity contribution in [2.45, 2.75) is 46.0 Å². The SMILES string of the molecule is CCOC(=O)C(=O)c1cn(Cc2ccc(C(C)(C)C)cc2)c2ccc(-c3ccc(OC(F)(F)F)cc3)cc12. The maximum atomic E-state index is 13.0. The second-order valence-corrected chi connectivity index (χ2v) is 9.97. The molecule has 0 spiro atoms. The standard InChI is InChI=1S/C30H28F3NO4/c1-5-37-28(36)27(35)25-18-34(17-19-6-11-22(12-7-19)29(2,3)4)26-15-10-21(16-24(25)26)20-8-13-23(14-9-20)38-30(31,32)33/h6-16,18H,5,17H2,1-4H3. The lowest BCUT2D eigenvalue weighted by atomic mass is 9.87. The molecule has 0 saturated heterocycles. The first-order valence-electron chi connectivity index (χ1n) is 12.2. The van der Waals surface area contributed by atoms with Gasteiger partial charge in [-0.25, -0.2) is 4.79 Å². The van der Waals surface area contributed by atoms with E-state index in [1.165, 1.54) is 29.8 Å². The molecule has 0 unspecified atom stereocenters. The third-order valence-electron chi connectivity index (χ3n) is 6.18. The number of esters is 1. The number of benzene rings is 3. The number of nitrogens with zero attached hydrogens (tertiary/aromatic N) is 1. The number of rotatable bonds is 7. The molecule has 0 bridgehead atoms. The van der Waals surface area contributed by atoms with E-state index in [4.69, 9.17) is 4.74 Å². The van der Waals surface area contributed by atoms with Gasteiger partial charge in [0.25, 0.3) is 5.78 Å². The van der Waals surface area contributed by atoms with E-state index >= 15 is 0 Å². The average molecular weight is 524 g/mol. The van der Waals surface area contributed by atoms with E-state index in [1.807, 2.05) is 28.8 Å². The van der Waals surface area contributed by atoms with Gasteiger partial charge in [-0.3, -0.25) is 4.79 Å². The lowest BCUT2D eigenvalue weighted by Crippen LogP contribution is -2.17. The molecule has 3 aromatic carbocycles. The van der Waals surface area contributed by atoms with Crippen LogP contribution >= 0.6 is 0 Å². The molecular weight excluding hydrogens is 495 g/mol. The minimum absolute atomic E-state index is 0.0192. The average Bonchev–Trinajstić information content (AvgIpc) is 3.20. The fourth-order valence-corrected chi connectivity index (χ4v) is 4.25. The fraction of sp³-hybridized carbons (Fsp3) is 0.267. The van der Waals surface area contributed by atoms with Crippen LogP contribution < -0.4 is 4.74 Å². The lowest BCUT2D eigenvalue weighted by molar-refractivity contribution is -0.274. The zero-order chi connectivity index (χ0) is 27.7. The van der Waals surface area contributed by atoms with Gasteiger partial charge in [0.2, 0.25) is 0 Å². The molecule has 4 rings (SSSR count). The van der Waals surface area contributed by atoms with Crippen molar-refractivity contribution >= 4 is 22.7 Å². The minimum atomic E-state index is -4.78. The number of fused-ring (bicyclic) bond motifs is 1. The van der Waals surface area contributed by atoms with Gasteiger partial charge >= 0.3 is 12.3 Å². The number of hydrogen-bond donors (Lipinski definition) is 0. The summed E-state index contributed by atoms with van der Waals surface area (Å²) in [5.74, 6) is -2.03. The molecule has 0 aliphatic carbocycles. The maximum absolute atomic E-state index is 13.0. The molecule has 5 nitrogen and oxygen atoms in total. The van der Waals surface area contributed by atoms with Crippen LogP contribution in [-0.4, -0.2) is 29.3 Å². The largest absolute Gasteiger partial charge is 0.573 e. The summed E-state index contributed by atoms with van der Waals surface area (Å²) in [4.78, 5) is 25.3. The summed E-state index contributed by atoms with van der Waals surface area (Å²) in [6.45, 7) is 8.59. The Hall–Kier alpha value is -4.07. The van der Waals surface area contributed by atoms with E-state index in [1.54, 1.807) is 19.2 Å². The Bertz CT molecular complexity index is 1460. The molecule has 0 saturated carbocycles. The first-order chi connectivity index (χ1) is 17.9. The van der Waals surface area contributed by atoms with Crippen molar-refractivity contribution < 1.29 is 32.2 Å². The van der Waals surface area contributed by atoms with E-state index in [0.29, 0.717) is 23.1 Å². The quantitative estimate of drug-likeness (QED) is 0.145. The number of Topliss-reactive ketones (excluding diaryl/α,β-unsaturated/α-hetero) is 1. The predicted octanol–water partition coefficient (Wildman–Crippen LogP) is 7.30. The Kier molecular flexibility index (Phi) is 7.35. The van der Waals surface area contributed by atoms with Crippen molar-refractivity contribution in [1.29, 1.82) is 0 Å². The highest BCUT2D eigenvalue weighted by atomic mass is 19.4. The van der Waals surface area contributed by atoms with E-state index in [2.05, 4.69) is 37.6 Å². The Labute approximate surface area is 218 Å². The van der Waals surface area contributed by atoms with Crippen LogP contribution in [0.5, 0.6) is 5.75 Å². The Morgan fingerprint density at radius 1 is 0.868 bits per heavy atom.